The number of carbonyl (C=O) groups is 3. The molecule has 0 saturated heterocycles. The molecule has 1 aliphatic carbocycles. The van der Waals surface area contributed by atoms with Gasteiger partial charge in [0.05, 0.1) is 11.2 Å². The molecular formula is C30H36BrN7O3. The van der Waals surface area contributed by atoms with Gasteiger partial charge in [-0.3, -0.25) is 14.5 Å². The van der Waals surface area contributed by atoms with Gasteiger partial charge in [0, 0.05) is 65.6 Å². The number of aromatic nitrogens is 2. The Bertz CT molecular complexity index is 1440. The zero-order valence-corrected chi connectivity index (χ0v) is 25.5. The minimum atomic E-state index is -0.217. The molecule has 2 N–H and O–H groups in total. The number of anilines is 1. The van der Waals surface area contributed by atoms with Crippen molar-refractivity contribution < 1.29 is 14.4 Å². The van der Waals surface area contributed by atoms with Gasteiger partial charge in [0.2, 0.25) is 0 Å². The quantitative estimate of drug-likeness (QED) is 0.410. The second-order valence-electron chi connectivity index (χ2n) is 11.1. The number of rotatable bonds is 7. The first-order valence-electron chi connectivity index (χ1n) is 13.8. The van der Waals surface area contributed by atoms with Crippen molar-refractivity contribution in [3.63, 3.8) is 0 Å². The van der Waals surface area contributed by atoms with Gasteiger partial charge in [-0.2, -0.15) is 0 Å². The fourth-order valence-corrected chi connectivity index (χ4v) is 6.32. The van der Waals surface area contributed by atoms with Crippen LogP contribution in [0.4, 0.5) is 10.5 Å². The Morgan fingerprint density at radius 2 is 1.59 bits per heavy atom. The number of hydrogen-bond acceptors (Lipinski definition) is 5. The Hall–Kier alpha value is -3.70. The number of imidazole rings is 1. The predicted octanol–water partition coefficient (Wildman–Crippen LogP) is 4.27. The SMILES string of the molecule is CN(C)C(=O)Nc1ccc(CNC(=O)c2nc(Br)c3n2CCN(Cc2ccc(C(=O)N(C)C)cc2)C32CCC2)cc1. The molecule has 1 saturated carbocycles. The molecule has 0 bridgehead atoms. The van der Waals surface area contributed by atoms with Gasteiger partial charge in [-0.25, -0.2) is 9.78 Å². The molecule has 0 unspecified atom stereocenters. The topological polar surface area (TPSA) is 103 Å². The maximum atomic E-state index is 13.3. The van der Waals surface area contributed by atoms with Gasteiger partial charge in [-0.05, 0) is 70.6 Å². The number of halogens is 1. The summed E-state index contributed by atoms with van der Waals surface area (Å²) in [5, 5.41) is 5.82. The molecule has 0 radical (unpaired) electrons. The van der Waals surface area contributed by atoms with Crippen LogP contribution in [0.2, 0.25) is 0 Å². The van der Waals surface area contributed by atoms with Crippen LogP contribution in [-0.2, 0) is 25.2 Å². The van der Waals surface area contributed by atoms with E-state index in [1.807, 2.05) is 48.5 Å². The van der Waals surface area contributed by atoms with Crippen LogP contribution in [0.15, 0.2) is 53.1 Å². The summed E-state index contributed by atoms with van der Waals surface area (Å²) in [6.45, 7) is 2.58. The molecule has 2 heterocycles. The van der Waals surface area contributed by atoms with Crippen LogP contribution in [0, 0.1) is 0 Å². The summed E-state index contributed by atoms with van der Waals surface area (Å²) in [6.07, 6.45) is 3.13. The summed E-state index contributed by atoms with van der Waals surface area (Å²) in [5.41, 5.74) is 4.35. The number of fused-ring (bicyclic) bond motifs is 2. The normalized spacial score (nSPS) is 15.5. The predicted molar refractivity (Wildman–Crippen MR) is 161 cm³/mol. The maximum absolute atomic E-state index is 13.3. The van der Waals surface area contributed by atoms with E-state index in [2.05, 4.69) is 41.0 Å². The monoisotopic (exact) mass is 621 g/mol. The van der Waals surface area contributed by atoms with Crippen molar-refractivity contribution in [2.24, 2.45) is 0 Å². The van der Waals surface area contributed by atoms with E-state index in [-0.39, 0.29) is 23.4 Å². The first-order valence-corrected chi connectivity index (χ1v) is 14.6. The molecule has 216 valence electrons. The highest BCUT2D eigenvalue weighted by atomic mass is 79.9. The van der Waals surface area contributed by atoms with Gasteiger partial charge in [-0.1, -0.05) is 24.3 Å². The number of hydrogen-bond donors (Lipinski definition) is 2. The zero-order chi connectivity index (χ0) is 29.3. The molecule has 11 heteroatoms. The van der Waals surface area contributed by atoms with E-state index in [9.17, 15) is 14.4 Å². The third-order valence-corrected chi connectivity index (χ3v) is 8.55. The van der Waals surface area contributed by atoms with Crippen LogP contribution in [0.25, 0.3) is 0 Å². The summed E-state index contributed by atoms with van der Waals surface area (Å²) in [7, 11) is 6.88. The van der Waals surface area contributed by atoms with Gasteiger partial charge in [0.25, 0.3) is 11.8 Å². The second-order valence-corrected chi connectivity index (χ2v) is 11.9. The highest BCUT2D eigenvalue weighted by Crippen LogP contribution is 2.51. The number of urea groups is 1. The average Bonchev–Trinajstić information content (AvgIpc) is 3.28. The molecule has 3 aromatic rings. The summed E-state index contributed by atoms with van der Waals surface area (Å²) < 4.78 is 2.80. The lowest BCUT2D eigenvalue weighted by atomic mass is 9.72. The van der Waals surface area contributed by atoms with Crippen LogP contribution >= 0.6 is 15.9 Å². The van der Waals surface area contributed by atoms with Crippen molar-refractivity contribution in [3.8, 4) is 0 Å². The van der Waals surface area contributed by atoms with E-state index in [1.165, 1.54) is 4.90 Å². The standard InChI is InChI=1S/C30H36BrN7O3/c1-35(2)28(40)22-10-6-21(7-11-22)19-37-16-17-38-24(30(37)14-5-15-30)25(31)34-26(38)27(39)32-18-20-8-12-23(13-9-20)33-29(41)36(3)4/h6-13H,5,14-19H2,1-4H3,(H,32,39)(H,33,41). The van der Waals surface area contributed by atoms with Gasteiger partial charge in [-0.15, -0.1) is 0 Å². The molecule has 41 heavy (non-hydrogen) atoms. The number of amides is 4. The summed E-state index contributed by atoms with van der Waals surface area (Å²) in [4.78, 5) is 47.7. The van der Waals surface area contributed by atoms with E-state index in [0.717, 1.165) is 53.8 Å². The molecule has 2 aromatic carbocycles. The van der Waals surface area contributed by atoms with Crippen LogP contribution < -0.4 is 10.6 Å². The van der Waals surface area contributed by atoms with Crippen LogP contribution in [0.3, 0.4) is 0 Å². The van der Waals surface area contributed by atoms with Crippen LogP contribution in [-0.4, -0.2) is 76.8 Å². The highest BCUT2D eigenvalue weighted by Gasteiger charge is 2.50. The molecule has 2 aliphatic rings. The molecule has 4 amide bonds. The lowest BCUT2D eigenvalue weighted by molar-refractivity contribution is -0.0223. The lowest BCUT2D eigenvalue weighted by Crippen LogP contribution is -2.56. The fraction of sp³-hybridized carbons (Fsp3) is 0.400. The summed E-state index contributed by atoms with van der Waals surface area (Å²) in [6, 6.07) is 15.1. The molecule has 1 aliphatic heterocycles. The second kappa shape index (κ2) is 11.7. The minimum Gasteiger partial charge on any atom is -0.345 e. The van der Waals surface area contributed by atoms with Crippen molar-refractivity contribution in [1.29, 1.82) is 0 Å². The Morgan fingerprint density at radius 1 is 0.927 bits per heavy atom. The van der Waals surface area contributed by atoms with Crippen molar-refractivity contribution in [2.75, 3.05) is 40.1 Å². The number of benzene rings is 2. The number of carbonyl (C=O) groups excluding carboxylic acids is 3. The maximum Gasteiger partial charge on any atom is 0.321 e. The molecule has 10 nitrogen and oxygen atoms in total. The number of nitrogens with one attached hydrogen (secondary N) is 2. The van der Waals surface area contributed by atoms with Crippen LogP contribution in [0.1, 0.15) is 57.1 Å². The average molecular weight is 623 g/mol. The van der Waals surface area contributed by atoms with Gasteiger partial charge in [0.1, 0.15) is 4.60 Å². The smallest absolute Gasteiger partial charge is 0.321 e. The first kappa shape index (κ1) is 28.8. The van der Waals surface area contributed by atoms with Crippen molar-refractivity contribution in [3.05, 3.63) is 81.3 Å². The van der Waals surface area contributed by atoms with E-state index >= 15 is 0 Å². The van der Waals surface area contributed by atoms with Gasteiger partial charge < -0.3 is 25.0 Å². The lowest BCUT2D eigenvalue weighted by Gasteiger charge is -2.53. The van der Waals surface area contributed by atoms with Gasteiger partial charge in [0.15, 0.2) is 5.82 Å². The summed E-state index contributed by atoms with van der Waals surface area (Å²) in [5.74, 6) is 0.194. The molecule has 5 rings (SSSR count). The van der Waals surface area contributed by atoms with E-state index < -0.39 is 0 Å². The Balaban J connectivity index is 1.28. The molecule has 1 fully saturated rings. The molecule has 1 spiro atoms. The third kappa shape index (κ3) is 5.73. The van der Waals surface area contributed by atoms with E-state index in [1.54, 1.807) is 33.1 Å². The number of nitrogens with zero attached hydrogens (tertiary/aromatic N) is 5. The Kier molecular flexibility index (Phi) is 8.19. The van der Waals surface area contributed by atoms with Crippen LogP contribution in [0.5, 0.6) is 0 Å². The third-order valence-electron chi connectivity index (χ3n) is 7.99. The Morgan fingerprint density at radius 3 is 2.17 bits per heavy atom. The van der Waals surface area contributed by atoms with Gasteiger partial charge >= 0.3 is 6.03 Å². The summed E-state index contributed by atoms with van der Waals surface area (Å²) >= 11 is 3.69. The molecule has 0 atom stereocenters. The van der Waals surface area contributed by atoms with Crippen molar-refractivity contribution >= 4 is 39.5 Å². The molecule has 1 aromatic heterocycles. The largest absolute Gasteiger partial charge is 0.345 e. The Labute approximate surface area is 248 Å². The zero-order valence-electron chi connectivity index (χ0n) is 23.9. The van der Waals surface area contributed by atoms with Crippen molar-refractivity contribution in [2.45, 2.75) is 44.4 Å². The fourth-order valence-electron chi connectivity index (χ4n) is 5.57. The van der Waals surface area contributed by atoms with E-state index in [4.69, 9.17) is 0 Å². The highest BCUT2D eigenvalue weighted by molar-refractivity contribution is 9.10. The van der Waals surface area contributed by atoms with Crippen molar-refractivity contribution in [1.82, 2.24) is 29.6 Å². The minimum absolute atomic E-state index is 0.00542. The first-order chi connectivity index (χ1) is 19.6. The molecular weight excluding hydrogens is 586 g/mol. The van der Waals surface area contributed by atoms with E-state index in [0.29, 0.717) is 30.2 Å².